The molecule has 0 aliphatic carbocycles. The maximum absolute atomic E-state index is 12.7. The molecule has 0 aliphatic rings. The molecule has 0 radical (unpaired) electrons. The molecule has 0 aliphatic heterocycles. The van der Waals surface area contributed by atoms with Gasteiger partial charge in [-0.15, -0.1) is 0 Å². The van der Waals surface area contributed by atoms with Gasteiger partial charge in [0.15, 0.2) is 0 Å². The highest BCUT2D eigenvalue weighted by Crippen LogP contribution is 2.21. The zero-order valence-electron chi connectivity index (χ0n) is 19.3. The van der Waals surface area contributed by atoms with Gasteiger partial charge in [-0.3, -0.25) is 9.79 Å². The second-order valence-electron chi connectivity index (χ2n) is 7.87. The van der Waals surface area contributed by atoms with E-state index in [1.165, 1.54) is 26.2 Å². The van der Waals surface area contributed by atoms with Gasteiger partial charge >= 0.3 is 5.97 Å². The average molecular weight is 435 g/mol. The fourth-order valence-electron chi connectivity index (χ4n) is 3.18. The highest BCUT2D eigenvalue weighted by molar-refractivity contribution is 5.97. The molecule has 1 unspecified atom stereocenters. The van der Waals surface area contributed by atoms with Gasteiger partial charge in [0.05, 0.1) is 17.8 Å². The number of ether oxygens (including phenoxy) is 1. The number of unbranched alkanes of at least 4 members (excludes halogenated alkanes) is 3. The van der Waals surface area contributed by atoms with Crippen LogP contribution in [0.1, 0.15) is 68.8 Å². The van der Waals surface area contributed by atoms with Crippen molar-refractivity contribution in [2.24, 2.45) is 4.99 Å². The number of carbonyl (C=O) groups excluding carboxylic acids is 2. The number of hydrogen-bond donors (Lipinski definition) is 1. The Kier molecular flexibility index (Phi) is 10.9. The standard InChI is InChI=1S/C27H34N2O3/c1-4-5-6-8-15-24(18-23-13-9-7-10-14-23)20-29-26-17-12-11-16-25(26)27(31)32-21(2)19-28-22(3)30/h7,9-14,16-18,20-21H,4-6,8,15,19H2,1-3H3,(H,28,30)/b24-18+,29-20?. The summed E-state index contributed by atoms with van der Waals surface area (Å²) in [6, 6.07) is 17.3. The largest absolute Gasteiger partial charge is 0.457 e. The number of rotatable bonds is 12. The van der Waals surface area contributed by atoms with Gasteiger partial charge in [-0.2, -0.15) is 0 Å². The first-order chi connectivity index (χ1) is 15.5. The minimum atomic E-state index is -0.452. The second-order valence-corrected chi connectivity index (χ2v) is 7.87. The van der Waals surface area contributed by atoms with Gasteiger partial charge in [-0.1, -0.05) is 74.7 Å². The zero-order valence-corrected chi connectivity index (χ0v) is 19.3. The average Bonchev–Trinajstić information content (AvgIpc) is 2.79. The van der Waals surface area contributed by atoms with Gasteiger partial charge in [0.2, 0.25) is 5.91 Å². The Labute approximate surface area is 191 Å². The van der Waals surface area contributed by atoms with Gasteiger partial charge in [-0.25, -0.2) is 4.79 Å². The number of carbonyl (C=O) groups is 2. The molecule has 5 heteroatoms. The number of nitrogens with zero attached hydrogens (tertiary/aromatic N) is 1. The molecule has 0 fully saturated rings. The number of nitrogens with one attached hydrogen (secondary N) is 1. The molecule has 2 aromatic carbocycles. The number of aliphatic imine (C=N–C) groups is 1. The van der Waals surface area contributed by atoms with Crippen LogP contribution in [0.2, 0.25) is 0 Å². The van der Waals surface area contributed by atoms with E-state index in [-0.39, 0.29) is 12.5 Å². The highest BCUT2D eigenvalue weighted by Gasteiger charge is 2.15. The SMILES string of the molecule is CCCCCC/C(C=Nc1ccccc1C(=O)OC(C)CNC(C)=O)=C\c1ccccc1. The quantitative estimate of drug-likeness (QED) is 0.248. The summed E-state index contributed by atoms with van der Waals surface area (Å²) < 4.78 is 5.48. The van der Waals surface area contributed by atoms with Crippen LogP contribution in [0, 0.1) is 0 Å². The number of hydrogen-bond acceptors (Lipinski definition) is 4. The third-order valence-corrected chi connectivity index (χ3v) is 4.91. The van der Waals surface area contributed by atoms with Crippen LogP contribution in [0.25, 0.3) is 6.08 Å². The van der Waals surface area contributed by atoms with E-state index in [2.05, 4.69) is 35.4 Å². The number of para-hydroxylation sites is 1. The lowest BCUT2D eigenvalue weighted by atomic mass is 10.0. The molecule has 1 amide bonds. The topological polar surface area (TPSA) is 67.8 Å². The first-order valence-electron chi connectivity index (χ1n) is 11.3. The van der Waals surface area contributed by atoms with E-state index in [1.54, 1.807) is 19.1 Å². The summed E-state index contributed by atoms with van der Waals surface area (Å²) in [5, 5.41) is 2.66. The molecular formula is C27H34N2O3. The monoisotopic (exact) mass is 434 g/mol. The van der Waals surface area contributed by atoms with E-state index < -0.39 is 12.1 Å². The van der Waals surface area contributed by atoms with Crippen LogP contribution in [0.3, 0.4) is 0 Å². The lowest BCUT2D eigenvalue weighted by Crippen LogP contribution is -2.31. The van der Waals surface area contributed by atoms with Crippen LogP contribution in [-0.2, 0) is 9.53 Å². The van der Waals surface area contributed by atoms with E-state index in [1.807, 2.05) is 36.5 Å². The van der Waals surface area contributed by atoms with E-state index >= 15 is 0 Å². The molecule has 5 nitrogen and oxygen atoms in total. The van der Waals surface area contributed by atoms with Crippen molar-refractivity contribution in [3.8, 4) is 0 Å². The van der Waals surface area contributed by atoms with Crippen LogP contribution in [0.4, 0.5) is 5.69 Å². The Balaban J connectivity index is 2.16. The second kappa shape index (κ2) is 14.0. The van der Waals surface area contributed by atoms with Crippen molar-refractivity contribution in [3.63, 3.8) is 0 Å². The van der Waals surface area contributed by atoms with Gasteiger partial charge in [0.1, 0.15) is 6.10 Å². The fourth-order valence-corrected chi connectivity index (χ4v) is 3.18. The summed E-state index contributed by atoms with van der Waals surface area (Å²) in [5.74, 6) is -0.610. The predicted octanol–water partition coefficient (Wildman–Crippen LogP) is 6.12. The van der Waals surface area contributed by atoms with Crippen molar-refractivity contribution in [2.45, 2.75) is 59.0 Å². The van der Waals surface area contributed by atoms with Crippen molar-refractivity contribution in [1.82, 2.24) is 5.32 Å². The first kappa shape index (κ1) is 25.1. The van der Waals surface area contributed by atoms with Gasteiger partial charge in [0.25, 0.3) is 0 Å². The molecular weight excluding hydrogens is 400 g/mol. The first-order valence-corrected chi connectivity index (χ1v) is 11.3. The summed E-state index contributed by atoms with van der Waals surface area (Å²) in [6.45, 7) is 5.65. The molecule has 1 atom stereocenters. The Hall–Kier alpha value is -3.21. The van der Waals surface area contributed by atoms with Gasteiger partial charge in [0, 0.05) is 13.1 Å². The van der Waals surface area contributed by atoms with Crippen molar-refractivity contribution in [1.29, 1.82) is 0 Å². The summed E-state index contributed by atoms with van der Waals surface area (Å²) >= 11 is 0. The molecule has 0 heterocycles. The molecule has 32 heavy (non-hydrogen) atoms. The van der Waals surface area contributed by atoms with Crippen LogP contribution in [0.5, 0.6) is 0 Å². The van der Waals surface area contributed by atoms with E-state index in [0.717, 1.165) is 24.0 Å². The Morgan fingerprint density at radius 2 is 1.75 bits per heavy atom. The summed E-state index contributed by atoms with van der Waals surface area (Å²) in [5.41, 5.74) is 3.22. The highest BCUT2D eigenvalue weighted by atomic mass is 16.5. The van der Waals surface area contributed by atoms with Crippen LogP contribution < -0.4 is 5.32 Å². The Bertz CT molecular complexity index is 920. The Morgan fingerprint density at radius 3 is 2.47 bits per heavy atom. The van der Waals surface area contributed by atoms with Crippen LogP contribution in [0.15, 0.2) is 65.2 Å². The normalized spacial score (nSPS) is 12.5. The van der Waals surface area contributed by atoms with E-state index in [0.29, 0.717) is 11.3 Å². The number of benzene rings is 2. The minimum absolute atomic E-state index is 0.158. The predicted molar refractivity (Wildman–Crippen MR) is 131 cm³/mol. The van der Waals surface area contributed by atoms with Crippen LogP contribution >= 0.6 is 0 Å². The van der Waals surface area contributed by atoms with Crippen molar-refractivity contribution in [3.05, 3.63) is 71.3 Å². The minimum Gasteiger partial charge on any atom is -0.457 e. The lowest BCUT2D eigenvalue weighted by molar-refractivity contribution is -0.119. The maximum Gasteiger partial charge on any atom is 0.340 e. The number of esters is 1. The smallest absolute Gasteiger partial charge is 0.340 e. The number of allylic oxidation sites excluding steroid dienone is 1. The molecule has 0 saturated heterocycles. The number of amides is 1. The maximum atomic E-state index is 12.7. The summed E-state index contributed by atoms with van der Waals surface area (Å²) in [4.78, 5) is 28.4. The molecule has 0 bridgehead atoms. The molecule has 2 rings (SSSR count). The zero-order chi connectivity index (χ0) is 23.2. The van der Waals surface area contributed by atoms with E-state index in [9.17, 15) is 9.59 Å². The van der Waals surface area contributed by atoms with Gasteiger partial charge < -0.3 is 10.1 Å². The Morgan fingerprint density at radius 1 is 1.03 bits per heavy atom. The van der Waals surface area contributed by atoms with Crippen molar-refractivity contribution < 1.29 is 14.3 Å². The van der Waals surface area contributed by atoms with Crippen LogP contribution in [-0.4, -0.2) is 30.7 Å². The third kappa shape index (κ3) is 9.29. The molecule has 0 aromatic heterocycles. The summed E-state index contributed by atoms with van der Waals surface area (Å²) in [7, 11) is 0. The van der Waals surface area contributed by atoms with Crippen molar-refractivity contribution >= 4 is 29.9 Å². The van der Waals surface area contributed by atoms with E-state index in [4.69, 9.17) is 4.74 Å². The molecule has 0 saturated carbocycles. The van der Waals surface area contributed by atoms with Crippen molar-refractivity contribution in [2.75, 3.05) is 6.54 Å². The fraction of sp³-hybridized carbons (Fsp3) is 0.370. The van der Waals surface area contributed by atoms with Gasteiger partial charge in [-0.05, 0) is 43.0 Å². The summed E-state index contributed by atoms with van der Waals surface area (Å²) in [6.07, 6.45) is 9.20. The molecule has 170 valence electrons. The lowest BCUT2D eigenvalue weighted by Gasteiger charge is -2.14. The molecule has 2 aromatic rings. The third-order valence-electron chi connectivity index (χ3n) is 4.91. The molecule has 1 N–H and O–H groups in total. The molecule has 0 spiro atoms.